The average Bonchev–Trinajstić information content (AvgIpc) is 2.47. The van der Waals surface area contributed by atoms with Crippen molar-refractivity contribution in [3.63, 3.8) is 0 Å². The van der Waals surface area contributed by atoms with E-state index in [2.05, 4.69) is 307 Å². The first-order valence-corrected chi connectivity index (χ1v) is 48.8. The summed E-state index contributed by atoms with van der Waals surface area (Å²) in [5.74, 6) is 14.9. The normalized spacial score (nSPS) is 14.6. The molecule has 11 heteroatoms. The Kier molecular flexibility index (Phi) is 105. The summed E-state index contributed by atoms with van der Waals surface area (Å²) in [4.78, 5) is 34.1. The molecule has 4 unspecified atom stereocenters. The van der Waals surface area contributed by atoms with E-state index in [0.29, 0.717) is 41.5 Å². The predicted molar refractivity (Wildman–Crippen MR) is 525 cm³/mol. The lowest BCUT2D eigenvalue weighted by Crippen LogP contribution is -2.28. The quantitative estimate of drug-likeness (QED) is 0.142. The van der Waals surface area contributed by atoms with E-state index in [4.69, 9.17) is 18.8 Å². The molecule has 2 N–H and O–H groups in total. The maximum atomic E-state index is 5.84. The number of aryl methyl sites for hydroxylation is 4. The first-order chi connectivity index (χ1) is 53.1. The molecule has 0 saturated carbocycles. The van der Waals surface area contributed by atoms with Gasteiger partial charge in [0.25, 0.3) is 0 Å². The standard InChI is InChI=1S/C13H22N2.C13H21NO.C12H20N2.C12H19NS.C11H18N2O.10C3H8.5C2H6.CH4/c2*1-8(2)10-5-6-11-12(7-10)15-13(14-11)9(3)4;2*1-7(2)9-5-6-10-11(9)14-12(13-10)8(3)4;1-7(2)10-12-9-5-6-13(8(3)4)11(9)14-10;10*1-3-2;5*1-2;/h8-10H,5-7H2,1-4H3,(H,14,15);8-10H,5-7H2,1-4H3;7-9H,5-6H2,1-4H3,(H,13,14);7-9H,5-6H2,1-4H3;7-8H,5-6H2,1-4H3;10*3H2,1-2H3;5*1-2H3;1H4. The van der Waals surface area contributed by atoms with E-state index in [0.717, 1.165) is 96.4 Å². The summed E-state index contributed by atoms with van der Waals surface area (Å²) in [7, 11) is 0. The molecule has 113 heavy (non-hydrogen) atoms. The van der Waals surface area contributed by atoms with E-state index in [1.807, 2.05) is 80.6 Å². The minimum Gasteiger partial charge on any atom is -0.445 e. The van der Waals surface area contributed by atoms with E-state index >= 15 is 0 Å². The fourth-order valence-corrected chi connectivity index (χ4v) is 12.3. The van der Waals surface area contributed by atoms with Crippen LogP contribution < -0.4 is 4.90 Å². The van der Waals surface area contributed by atoms with Crippen molar-refractivity contribution >= 4 is 17.2 Å². The van der Waals surface area contributed by atoms with Crippen LogP contribution in [0.3, 0.4) is 0 Å². The van der Waals surface area contributed by atoms with Gasteiger partial charge in [0.2, 0.25) is 5.88 Å². The van der Waals surface area contributed by atoms with Gasteiger partial charge in [-0.1, -0.05) is 404 Å². The molecule has 680 valence electrons. The maximum absolute atomic E-state index is 5.84. The van der Waals surface area contributed by atoms with Gasteiger partial charge in [0, 0.05) is 77.2 Å². The van der Waals surface area contributed by atoms with Gasteiger partial charge < -0.3 is 23.7 Å². The van der Waals surface area contributed by atoms with Crippen LogP contribution in [0.25, 0.3) is 0 Å². The van der Waals surface area contributed by atoms with Crippen LogP contribution in [-0.4, -0.2) is 47.5 Å². The van der Waals surface area contributed by atoms with Gasteiger partial charge >= 0.3 is 0 Å². The van der Waals surface area contributed by atoms with Gasteiger partial charge in [-0.25, -0.2) is 24.9 Å². The van der Waals surface area contributed by atoms with Gasteiger partial charge in [-0.3, -0.25) is 0 Å². The topological polar surface area (TPSA) is 126 Å². The number of thiazole rings is 1. The second kappa shape index (κ2) is 89.1. The number of aromatic amines is 2. The van der Waals surface area contributed by atoms with Gasteiger partial charge in [-0.05, 0) is 113 Å². The van der Waals surface area contributed by atoms with E-state index in [9.17, 15) is 0 Å². The van der Waals surface area contributed by atoms with Crippen molar-refractivity contribution in [3.8, 4) is 0 Å². The van der Waals surface area contributed by atoms with Crippen molar-refractivity contribution in [3.05, 3.63) is 78.9 Å². The second-order valence-electron chi connectivity index (χ2n) is 32.3. The predicted octanol–water partition coefficient (Wildman–Crippen LogP) is 36.5. The fourth-order valence-electron chi connectivity index (χ4n) is 10.9. The molecule has 4 atom stereocenters. The van der Waals surface area contributed by atoms with Crippen LogP contribution in [0.4, 0.5) is 5.88 Å². The first-order valence-electron chi connectivity index (χ1n) is 48.0. The Bertz CT molecular complexity index is 2360. The van der Waals surface area contributed by atoms with Crippen LogP contribution in [0.5, 0.6) is 0 Å². The zero-order chi connectivity index (χ0) is 89.9. The highest BCUT2D eigenvalue weighted by Crippen LogP contribution is 2.43. The molecule has 0 bridgehead atoms. The molecule has 4 aliphatic carbocycles. The summed E-state index contributed by atoms with van der Waals surface area (Å²) < 4.78 is 11.6. The molecule has 0 radical (unpaired) electrons. The molecule has 10 nitrogen and oxygen atoms in total. The number of fused-ring (bicyclic) bond motifs is 5. The van der Waals surface area contributed by atoms with Crippen LogP contribution in [0.2, 0.25) is 0 Å². The van der Waals surface area contributed by atoms with Crippen LogP contribution in [0.1, 0.15) is 564 Å². The van der Waals surface area contributed by atoms with Gasteiger partial charge in [0.05, 0.1) is 27.8 Å². The lowest BCUT2D eigenvalue weighted by molar-refractivity contribution is 0.306. The minimum absolute atomic E-state index is 0. The molecule has 0 aromatic carbocycles. The Balaban J connectivity index is -0.000000114. The summed E-state index contributed by atoms with van der Waals surface area (Å²) in [6.07, 6.45) is 25.7. The van der Waals surface area contributed by atoms with Crippen molar-refractivity contribution in [2.45, 2.75) is 536 Å². The number of imidazole rings is 2. The fraction of sp³-hybridized carbons (Fsp3) is 0.853. The summed E-state index contributed by atoms with van der Waals surface area (Å²) in [5.41, 5.74) is 9.24. The number of H-pyrrole nitrogens is 2. The van der Waals surface area contributed by atoms with Crippen molar-refractivity contribution in [2.75, 3.05) is 11.4 Å². The van der Waals surface area contributed by atoms with Crippen LogP contribution in [0.15, 0.2) is 8.83 Å². The molecular formula is C102H214N8O2S. The number of nitrogens with one attached hydrogen (secondary N) is 2. The highest BCUT2D eigenvalue weighted by atomic mass is 32.1. The van der Waals surface area contributed by atoms with E-state index in [-0.39, 0.29) is 7.43 Å². The molecule has 6 heterocycles. The van der Waals surface area contributed by atoms with E-state index in [1.54, 1.807) is 4.88 Å². The summed E-state index contributed by atoms with van der Waals surface area (Å²) in [6.45, 7) is 108. The summed E-state index contributed by atoms with van der Waals surface area (Å²) in [5, 5.41) is 1.33. The number of nitrogens with zero attached hydrogens (tertiary/aromatic N) is 6. The van der Waals surface area contributed by atoms with Crippen molar-refractivity contribution in [1.82, 2.24) is 34.9 Å². The Labute approximate surface area is 718 Å². The van der Waals surface area contributed by atoms with Gasteiger partial charge in [0.15, 0.2) is 11.8 Å². The minimum atomic E-state index is 0. The van der Waals surface area contributed by atoms with Crippen molar-refractivity contribution in [1.29, 1.82) is 0 Å². The molecule has 0 spiro atoms. The first kappa shape index (κ1) is 133. The van der Waals surface area contributed by atoms with Gasteiger partial charge in [-0.2, -0.15) is 0 Å². The summed E-state index contributed by atoms with van der Waals surface area (Å²) >= 11 is 1.96. The van der Waals surface area contributed by atoms with E-state index in [1.165, 1.54) is 166 Å². The van der Waals surface area contributed by atoms with Gasteiger partial charge in [-0.15, -0.1) is 11.3 Å². The smallest absolute Gasteiger partial charge is 0.219 e. The van der Waals surface area contributed by atoms with E-state index < -0.39 is 0 Å². The zero-order valence-electron chi connectivity index (χ0n) is 86.0. The van der Waals surface area contributed by atoms with Crippen LogP contribution in [-0.2, 0) is 44.9 Å². The van der Waals surface area contributed by atoms with Gasteiger partial charge in [0.1, 0.15) is 23.1 Å². The maximum Gasteiger partial charge on any atom is 0.219 e. The Hall–Kier alpha value is -3.73. The zero-order valence-corrected chi connectivity index (χ0v) is 86.9. The molecule has 0 fully saturated rings. The largest absolute Gasteiger partial charge is 0.445 e. The summed E-state index contributed by atoms with van der Waals surface area (Å²) in [6, 6.07) is 0.504. The lowest BCUT2D eigenvalue weighted by Gasteiger charge is -2.24. The molecule has 0 amide bonds. The number of aromatic nitrogens is 7. The third-order valence-corrected chi connectivity index (χ3v) is 17.5. The number of rotatable bonds is 10. The molecule has 5 aromatic rings. The van der Waals surface area contributed by atoms with Crippen LogP contribution in [0, 0.1) is 35.5 Å². The SMILES string of the molecule is C.CC.CC.CC.CC.CC.CC(C)c1nc2c([nH]1)CC(C(C)C)CC2.CC(C)c1nc2c([nH]1)CCC2C(C)C.CC(C)c1nc2c(o1)CC(C(C)C)CC2.CC(C)c1nc2c(o1)N(C(C)C)CC2.CC(C)c1nc2c(s1)C(C(C)C)CC2.CCC.CCC.CCC.CCC.CCC.CCC.CCC.CCC.CCC.CCC. The lowest BCUT2D eigenvalue weighted by atomic mass is 9.82. The highest BCUT2D eigenvalue weighted by Gasteiger charge is 2.32. The van der Waals surface area contributed by atoms with Crippen molar-refractivity contribution < 1.29 is 8.83 Å². The molecule has 5 aromatic heterocycles. The molecular weight excluding hydrogens is 1400 g/mol. The Morgan fingerprint density at radius 2 is 0.690 bits per heavy atom. The molecule has 1 aliphatic heterocycles. The van der Waals surface area contributed by atoms with Crippen molar-refractivity contribution in [2.24, 2.45) is 35.5 Å². The average molecular weight is 1620 g/mol. The number of oxazole rings is 2. The molecule has 10 rings (SSSR count). The third-order valence-electron chi connectivity index (χ3n) is 16.0. The highest BCUT2D eigenvalue weighted by molar-refractivity contribution is 7.12. The monoisotopic (exact) mass is 1620 g/mol. The second-order valence-corrected chi connectivity index (χ2v) is 33.3. The Morgan fingerprint density at radius 1 is 0.345 bits per heavy atom. The molecule has 0 saturated heterocycles. The molecule has 5 aliphatic rings. The Morgan fingerprint density at radius 3 is 1.05 bits per heavy atom. The number of anilines is 1. The third kappa shape index (κ3) is 61.3. The van der Waals surface area contributed by atoms with Crippen LogP contribution >= 0.6 is 11.3 Å². The number of hydrogen-bond donors (Lipinski definition) is 2. The number of hydrogen-bond acceptors (Lipinski definition) is 9.